The Morgan fingerprint density at radius 3 is 2.69 bits per heavy atom. The van der Waals surface area contributed by atoms with E-state index in [-0.39, 0.29) is 24.3 Å². The van der Waals surface area contributed by atoms with Gasteiger partial charge in [0.1, 0.15) is 11.6 Å². The van der Waals surface area contributed by atoms with E-state index in [0.717, 1.165) is 68.8 Å². The van der Waals surface area contributed by atoms with E-state index in [4.69, 9.17) is 15.5 Å². The average Bonchev–Trinajstić information content (AvgIpc) is 3.44. The van der Waals surface area contributed by atoms with Crippen molar-refractivity contribution in [3.8, 4) is 28.4 Å². The summed E-state index contributed by atoms with van der Waals surface area (Å²) in [5.41, 5.74) is 9.92. The summed E-state index contributed by atoms with van der Waals surface area (Å²) in [7, 11) is 0. The zero-order valence-electron chi connectivity index (χ0n) is 21.5. The summed E-state index contributed by atoms with van der Waals surface area (Å²) in [5, 5.41) is 18.1. The second kappa shape index (κ2) is 11.9. The topological polar surface area (TPSA) is 140 Å². The number of pyridine rings is 2. The van der Waals surface area contributed by atoms with Crippen LogP contribution in [-0.4, -0.2) is 67.2 Å². The molecule has 0 spiro atoms. The molecule has 0 saturated carbocycles. The number of nitrogens with two attached hydrogens (primary N) is 1. The Labute approximate surface area is 232 Å². The minimum atomic E-state index is -0.114. The molecule has 2 saturated heterocycles. The normalized spacial score (nSPS) is 18.0. The predicted molar refractivity (Wildman–Crippen MR) is 151 cm³/mol. The molecular weight excluding hydrogens is 518 g/mol. The summed E-state index contributed by atoms with van der Waals surface area (Å²) in [6, 6.07) is 7.75. The number of halogens is 1. The van der Waals surface area contributed by atoms with Crippen molar-refractivity contribution in [3.63, 3.8) is 0 Å². The van der Waals surface area contributed by atoms with Gasteiger partial charge in [-0.25, -0.2) is 19.9 Å². The Morgan fingerprint density at radius 1 is 1.00 bits per heavy atom. The average molecular weight is 550 g/mol. The van der Waals surface area contributed by atoms with Crippen molar-refractivity contribution in [2.24, 2.45) is 5.73 Å². The second-order valence-electron chi connectivity index (χ2n) is 9.75. The maximum Gasteiger partial charge on any atom is 0.222 e. The monoisotopic (exact) mass is 549 g/mol. The molecule has 4 N–H and O–H groups in total. The van der Waals surface area contributed by atoms with E-state index >= 15 is 0 Å². The van der Waals surface area contributed by atoms with Crippen LogP contribution in [0.4, 0.5) is 17.3 Å². The van der Waals surface area contributed by atoms with Crippen LogP contribution in [0.25, 0.3) is 22.5 Å². The van der Waals surface area contributed by atoms with Gasteiger partial charge in [-0.1, -0.05) is 0 Å². The zero-order valence-corrected chi connectivity index (χ0v) is 22.3. The van der Waals surface area contributed by atoms with Gasteiger partial charge in [-0.15, -0.1) is 12.4 Å². The van der Waals surface area contributed by atoms with Gasteiger partial charge < -0.3 is 25.8 Å². The third-order valence-corrected chi connectivity index (χ3v) is 7.10. The van der Waals surface area contributed by atoms with Crippen LogP contribution < -0.4 is 16.0 Å². The molecule has 2 fully saturated rings. The number of piperidine rings is 1. The number of aromatic nitrogens is 6. The molecule has 4 aromatic rings. The van der Waals surface area contributed by atoms with Crippen LogP contribution in [0.2, 0.25) is 0 Å². The van der Waals surface area contributed by atoms with E-state index < -0.39 is 0 Å². The lowest BCUT2D eigenvalue weighted by Crippen LogP contribution is -2.43. The van der Waals surface area contributed by atoms with E-state index in [9.17, 15) is 5.11 Å². The summed E-state index contributed by atoms with van der Waals surface area (Å²) < 4.78 is 7.58. The van der Waals surface area contributed by atoms with Gasteiger partial charge in [-0.05, 0) is 43.9 Å². The molecule has 0 radical (unpaired) electrons. The summed E-state index contributed by atoms with van der Waals surface area (Å²) in [6.45, 7) is 3.24. The van der Waals surface area contributed by atoms with Gasteiger partial charge in [0.15, 0.2) is 5.82 Å². The van der Waals surface area contributed by atoms with Crippen LogP contribution in [0, 0.1) is 0 Å². The first-order chi connectivity index (χ1) is 18.6. The third-order valence-electron chi connectivity index (χ3n) is 7.10. The van der Waals surface area contributed by atoms with Crippen molar-refractivity contribution in [2.45, 2.75) is 37.8 Å². The minimum Gasteiger partial charge on any atom is -0.493 e. The molecule has 204 valence electrons. The Balaban J connectivity index is 0.00000308. The molecule has 4 aromatic heterocycles. The zero-order chi connectivity index (χ0) is 25.9. The fourth-order valence-electron chi connectivity index (χ4n) is 5.11. The number of hydrogen-bond acceptors (Lipinski definition) is 10. The van der Waals surface area contributed by atoms with Crippen LogP contribution in [0.5, 0.6) is 5.88 Å². The molecule has 0 bridgehead atoms. The highest BCUT2D eigenvalue weighted by Gasteiger charge is 2.23. The van der Waals surface area contributed by atoms with Gasteiger partial charge >= 0.3 is 0 Å². The van der Waals surface area contributed by atoms with Crippen LogP contribution in [0.15, 0.2) is 55.2 Å². The van der Waals surface area contributed by atoms with Crippen molar-refractivity contribution < 1.29 is 9.84 Å². The summed E-state index contributed by atoms with van der Waals surface area (Å²) >= 11 is 0. The highest BCUT2D eigenvalue weighted by molar-refractivity contribution is 5.85. The lowest BCUT2D eigenvalue weighted by Gasteiger charge is -2.34. The van der Waals surface area contributed by atoms with Crippen molar-refractivity contribution in [3.05, 3.63) is 55.2 Å². The number of anilines is 3. The van der Waals surface area contributed by atoms with Crippen molar-refractivity contribution in [1.82, 2.24) is 29.7 Å². The van der Waals surface area contributed by atoms with Crippen LogP contribution >= 0.6 is 12.4 Å². The van der Waals surface area contributed by atoms with Gasteiger partial charge in [0.05, 0.1) is 17.8 Å². The highest BCUT2D eigenvalue weighted by atomic mass is 35.5. The molecule has 0 aromatic carbocycles. The quantitative estimate of drug-likeness (QED) is 0.324. The smallest absolute Gasteiger partial charge is 0.222 e. The number of nitrogens with zero attached hydrogens (tertiary/aromatic N) is 7. The lowest BCUT2D eigenvalue weighted by atomic mass is 10.0. The molecule has 0 unspecified atom stereocenters. The van der Waals surface area contributed by atoms with Gasteiger partial charge in [0.2, 0.25) is 5.88 Å². The molecular formula is C27H32ClN9O2. The van der Waals surface area contributed by atoms with E-state index in [0.29, 0.717) is 29.1 Å². The Hall–Kier alpha value is -3.80. The van der Waals surface area contributed by atoms with Gasteiger partial charge in [-0.3, -0.25) is 4.68 Å². The van der Waals surface area contributed by atoms with Crippen LogP contribution in [-0.2, 0) is 4.74 Å². The third kappa shape index (κ3) is 5.95. The van der Waals surface area contributed by atoms with Gasteiger partial charge in [-0.2, -0.15) is 5.10 Å². The SMILES string of the molecule is Cl.N[C@H]1CCCN(c2cc(Nc3ccnc(-c4cccnc4O)n3)ncc2-c2cnn(C3CCOCC3)c2)C1. The summed E-state index contributed by atoms with van der Waals surface area (Å²) in [4.78, 5) is 19.8. The summed E-state index contributed by atoms with van der Waals surface area (Å²) in [5.74, 6) is 1.48. The van der Waals surface area contributed by atoms with E-state index in [1.54, 1.807) is 24.4 Å². The largest absolute Gasteiger partial charge is 0.493 e. The second-order valence-corrected chi connectivity index (χ2v) is 9.75. The first kappa shape index (κ1) is 26.8. The highest BCUT2D eigenvalue weighted by Crippen LogP contribution is 2.35. The Morgan fingerprint density at radius 2 is 1.87 bits per heavy atom. The molecule has 12 heteroatoms. The molecule has 0 aliphatic carbocycles. The number of ether oxygens (including phenoxy) is 1. The molecule has 6 heterocycles. The summed E-state index contributed by atoms with van der Waals surface area (Å²) in [6.07, 6.45) is 13.1. The number of nitrogens with one attached hydrogen (secondary N) is 1. The number of aromatic hydroxyl groups is 1. The Kier molecular flexibility index (Phi) is 8.20. The first-order valence-corrected chi connectivity index (χ1v) is 13.0. The standard InChI is InChI=1S/C27H31N9O2.ClH/c28-19-3-2-10-35(17-19)23-13-25(33-24-5-9-29-26(34-24)21-4-1-8-30-27(21)37)31-15-22(23)18-14-32-36(16-18)20-6-11-38-12-7-20;/h1,4-5,8-9,13-16,19-20H,2-3,6-7,10-12,17,28H2,(H,30,37)(H,29,31,33,34);1H/t19-;/m0./s1. The molecule has 39 heavy (non-hydrogen) atoms. The maximum atomic E-state index is 10.1. The van der Waals surface area contributed by atoms with E-state index in [1.807, 2.05) is 18.5 Å². The van der Waals surface area contributed by atoms with E-state index in [1.165, 1.54) is 6.20 Å². The minimum absolute atomic E-state index is 0. The van der Waals surface area contributed by atoms with E-state index in [2.05, 4.69) is 41.1 Å². The van der Waals surface area contributed by atoms with Gasteiger partial charge in [0.25, 0.3) is 0 Å². The predicted octanol–water partition coefficient (Wildman–Crippen LogP) is 3.95. The fourth-order valence-corrected chi connectivity index (χ4v) is 5.11. The van der Waals surface area contributed by atoms with Crippen molar-refractivity contribution in [1.29, 1.82) is 0 Å². The fraction of sp³-hybridized carbons (Fsp3) is 0.370. The van der Waals surface area contributed by atoms with Crippen LogP contribution in [0.1, 0.15) is 31.7 Å². The van der Waals surface area contributed by atoms with Crippen LogP contribution in [0.3, 0.4) is 0 Å². The number of hydrogen-bond donors (Lipinski definition) is 3. The van der Waals surface area contributed by atoms with Crippen molar-refractivity contribution in [2.75, 3.05) is 36.5 Å². The molecule has 11 nitrogen and oxygen atoms in total. The molecule has 6 rings (SSSR count). The lowest BCUT2D eigenvalue weighted by molar-refractivity contribution is 0.0662. The van der Waals surface area contributed by atoms with Crippen molar-refractivity contribution >= 4 is 29.7 Å². The first-order valence-electron chi connectivity index (χ1n) is 13.0. The Bertz CT molecular complexity index is 1410. The van der Waals surface area contributed by atoms with Gasteiger partial charge in [0, 0.05) is 80.0 Å². The molecule has 1 atom stereocenters. The molecule has 2 aliphatic heterocycles. The maximum absolute atomic E-state index is 10.1. The number of rotatable bonds is 6. The molecule has 2 aliphatic rings. The molecule has 0 amide bonds.